The summed E-state index contributed by atoms with van der Waals surface area (Å²) in [7, 11) is 1.33. The van der Waals surface area contributed by atoms with Crippen molar-refractivity contribution in [2.75, 3.05) is 7.11 Å². The molecule has 0 rings (SSSR count). The van der Waals surface area contributed by atoms with E-state index in [9.17, 15) is 9.59 Å². The van der Waals surface area contributed by atoms with Gasteiger partial charge in [0.25, 0.3) is 0 Å². The van der Waals surface area contributed by atoms with Gasteiger partial charge in [0.15, 0.2) is 0 Å². The molecule has 0 spiro atoms. The zero-order valence-electron chi connectivity index (χ0n) is 9.61. The van der Waals surface area contributed by atoms with E-state index in [1.165, 1.54) is 7.11 Å². The number of hydrogen-bond acceptors (Lipinski definition) is 4. The minimum atomic E-state index is -0.931. The fourth-order valence-corrected chi connectivity index (χ4v) is 0.459. The van der Waals surface area contributed by atoms with Gasteiger partial charge in [0.05, 0.1) is 7.11 Å². The Morgan fingerprint density at radius 3 is 1.80 bits per heavy atom. The van der Waals surface area contributed by atoms with Crippen LogP contribution in [0.3, 0.4) is 0 Å². The Bertz CT molecular complexity index is 236. The molecule has 0 bridgehead atoms. The van der Waals surface area contributed by atoms with Crippen LogP contribution in [-0.4, -0.2) is 30.2 Å². The van der Waals surface area contributed by atoms with Crippen LogP contribution in [0.15, 0.2) is 12.2 Å². The lowest BCUT2D eigenvalue weighted by atomic mass is 10.1. The number of carbonyl (C=O) groups excluding carboxylic acids is 1. The standard InChI is InChI=1S/C5H11NO2.C5H8O2/c1-3(2)4(6)5(7)8;1-4(2)5(6)7-3/h3-4H,6H2,1-2H3,(H,7,8);1H2,2-3H3/t4-;/m0./s1. The van der Waals surface area contributed by atoms with Crippen LogP contribution in [0.25, 0.3) is 0 Å². The van der Waals surface area contributed by atoms with E-state index in [1.807, 2.05) is 0 Å². The zero-order valence-corrected chi connectivity index (χ0v) is 9.61. The smallest absolute Gasteiger partial charge is 0.332 e. The molecular formula is C10H19NO4. The second-order valence-electron chi connectivity index (χ2n) is 3.38. The predicted octanol–water partition coefficient (Wildman–Crippen LogP) is 0.790. The quantitative estimate of drug-likeness (QED) is 0.539. The summed E-state index contributed by atoms with van der Waals surface area (Å²) in [4.78, 5) is 20.2. The van der Waals surface area contributed by atoms with Gasteiger partial charge in [-0.15, -0.1) is 0 Å². The Hall–Kier alpha value is -1.36. The Morgan fingerprint density at radius 2 is 1.80 bits per heavy atom. The Labute approximate surface area is 89.9 Å². The van der Waals surface area contributed by atoms with Gasteiger partial charge in [0.1, 0.15) is 6.04 Å². The van der Waals surface area contributed by atoms with Crippen molar-refractivity contribution in [2.24, 2.45) is 11.7 Å². The molecule has 0 aromatic heterocycles. The minimum absolute atomic E-state index is 0.0208. The third-order valence-corrected chi connectivity index (χ3v) is 1.54. The Kier molecular flexibility index (Phi) is 8.57. The number of esters is 1. The monoisotopic (exact) mass is 217 g/mol. The van der Waals surface area contributed by atoms with Crippen LogP contribution < -0.4 is 5.73 Å². The van der Waals surface area contributed by atoms with Crippen molar-refractivity contribution in [3.8, 4) is 0 Å². The molecule has 0 aromatic carbocycles. The number of carboxylic acids is 1. The van der Waals surface area contributed by atoms with Crippen molar-refractivity contribution >= 4 is 11.9 Å². The second kappa shape index (κ2) is 7.99. The van der Waals surface area contributed by atoms with E-state index in [1.54, 1.807) is 20.8 Å². The number of nitrogens with two attached hydrogens (primary N) is 1. The molecule has 5 heteroatoms. The average molecular weight is 217 g/mol. The molecule has 88 valence electrons. The van der Waals surface area contributed by atoms with Crippen LogP contribution in [0.4, 0.5) is 0 Å². The molecule has 0 unspecified atom stereocenters. The number of ether oxygens (including phenoxy) is 1. The van der Waals surface area contributed by atoms with Gasteiger partial charge in [-0.2, -0.15) is 0 Å². The summed E-state index contributed by atoms with van der Waals surface area (Å²) in [6.07, 6.45) is 0. The lowest BCUT2D eigenvalue weighted by molar-refractivity contribution is -0.139. The van der Waals surface area contributed by atoms with Crippen molar-refractivity contribution < 1.29 is 19.4 Å². The third kappa shape index (κ3) is 8.96. The highest BCUT2D eigenvalue weighted by Gasteiger charge is 2.14. The van der Waals surface area contributed by atoms with E-state index >= 15 is 0 Å². The molecule has 15 heavy (non-hydrogen) atoms. The molecule has 0 heterocycles. The van der Waals surface area contributed by atoms with Crippen molar-refractivity contribution in [3.05, 3.63) is 12.2 Å². The molecular weight excluding hydrogens is 198 g/mol. The van der Waals surface area contributed by atoms with E-state index in [-0.39, 0.29) is 11.9 Å². The van der Waals surface area contributed by atoms with E-state index in [0.717, 1.165) is 0 Å². The van der Waals surface area contributed by atoms with Crippen LogP contribution in [0.5, 0.6) is 0 Å². The lowest BCUT2D eigenvalue weighted by Gasteiger charge is -2.07. The SMILES string of the molecule is C=C(C)C(=O)OC.CC(C)[C@H](N)C(=O)O. The molecule has 0 amide bonds. The van der Waals surface area contributed by atoms with Crippen molar-refractivity contribution in [3.63, 3.8) is 0 Å². The fraction of sp³-hybridized carbons (Fsp3) is 0.600. The minimum Gasteiger partial charge on any atom is -0.480 e. The molecule has 0 aromatic rings. The van der Waals surface area contributed by atoms with Crippen LogP contribution in [0, 0.1) is 5.92 Å². The molecule has 0 fully saturated rings. The van der Waals surface area contributed by atoms with Gasteiger partial charge >= 0.3 is 11.9 Å². The maximum atomic E-state index is 10.2. The topological polar surface area (TPSA) is 89.6 Å². The van der Waals surface area contributed by atoms with Gasteiger partial charge in [0.2, 0.25) is 0 Å². The number of carbonyl (C=O) groups is 2. The van der Waals surface area contributed by atoms with Gasteiger partial charge in [0, 0.05) is 5.57 Å². The first-order valence-electron chi connectivity index (χ1n) is 4.46. The molecule has 0 aliphatic rings. The number of carboxylic acid groups (broad SMARTS) is 1. The van der Waals surface area contributed by atoms with Crippen LogP contribution in [0.1, 0.15) is 20.8 Å². The molecule has 1 atom stereocenters. The number of hydrogen-bond donors (Lipinski definition) is 2. The molecule has 5 nitrogen and oxygen atoms in total. The Morgan fingerprint density at radius 1 is 1.40 bits per heavy atom. The molecule has 0 saturated carbocycles. The van der Waals surface area contributed by atoms with Crippen LogP contribution >= 0.6 is 0 Å². The van der Waals surface area contributed by atoms with Gasteiger partial charge in [-0.3, -0.25) is 4.79 Å². The number of rotatable bonds is 3. The summed E-state index contributed by atoms with van der Waals surface area (Å²) in [5.41, 5.74) is 5.59. The van der Waals surface area contributed by atoms with Crippen molar-refractivity contribution in [1.29, 1.82) is 0 Å². The highest BCUT2D eigenvalue weighted by molar-refractivity contribution is 5.86. The summed E-state index contributed by atoms with van der Waals surface area (Å²) in [5, 5.41) is 8.23. The normalized spacial score (nSPS) is 11.1. The highest BCUT2D eigenvalue weighted by atomic mass is 16.5. The van der Waals surface area contributed by atoms with Gasteiger partial charge in [-0.1, -0.05) is 20.4 Å². The molecule has 3 N–H and O–H groups in total. The number of methoxy groups -OCH3 is 1. The fourth-order valence-electron chi connectivity index (χ4n) is 0.459. The van der Waals surface area contributed by atoms with E-state index in [4.69, 9.17) is 10.8 Å². The van der Waals surface area contributed by atoms with Crippen molar-refractivity contribution in [1.82, 2.24) is 0 Å². The summed E-state index contributed by atoms with van der Waals surface area (Å²) in [6.45, 7) is 8.51. The summed E-state index contributed by atoms with van der Waals surface area (Å²) < 4.78 is 4.27. The summed E-state index contributed by atoms with van der Waals surface area (Å²) >= 11 is 0. The first-order valence-corrected chi connectivity index (χ1v) is 4.46. The van der Waals surface area contributed by atoms with Crippen LogP contribution in [-0.2, 0) is 14.3 Å². The van der Waals surface area contributed by atoms with Gasteiger partial charge in [-0.25, -0.2) is 4.79 Å². The van der Waals surface area contributed by atoms with Gasteiger partial charge in [-0.05, 0) is 12.8 Å². The van der Waals surface area contributed by atoms with E-state index < -0.39 is 12.0 Å². The maximum absolute atomic E-state index is 10.2. The summed E-state index contributed by atoms with van der Waals surface area (Å²) in [6, 6.07) is -0.713. The first-order chi connectivity index (χ1) is 6.73. The highest BCUT2D eigenvalue weighted by Crippen LogP contribution is 1.96. The Balaban J connectivity index is 0. The van der Waals surface area contributed by atoms with Gasteiger partial charge < -0.3 is 15.6 Å². The van der Waals surface area contributed by atoms with E-state index in [0.29, 0.717) is 5.57 Å². The lowest BCUT2D eigenvalue weighted by Crippen LogP contribution is -2.34. The maximum Gasteiger partial charge on any atom is 0.332 e. The van der Waals surface area contributed by atoms with Crippen molar-refractivity contribution in [2.45, 2.75) is 26.8 Å². The van der Waals surface area contributed by atoms with E-state index in [2.05, 4.69) is 11.3 Å². The summed E-state index contributed by atoms with van der Waals surface area (Å²) in [5.74, 6) is -1.26. The molecule has 0 aliphatic carbocycles. The zero-order chi connectivity index (χ0) is 12.6. The largest absolute Gasteiger partial charge is 0.480 e. The molecule has 0 aliphatic heterocycles. The third-order valence-electron chi connectivity index (χ3n) is 1.54. The first kappa shape index (κ1) is 16.1. The second-order valence-corrected chi connectivity index (χ2v) is 3.38. The molecule has 0 saturated heterocycles. The predicted molar refractivity (Wildman–Crippen MR) is 57.3 cm³/mol. The average Bonchev–Trinajstić information content (AvgIpc) is 2.15. The van der Waals surface area contributed by atoms with Crippen LogP contribution in [0.2, 0.25) is 0 Å². The number of aliphatic carboxylic acids is 1. The molecule has 0 radical (unpaired) electrons.